The van der Waals surface area contributed by atoms with Gasteiger partial charge in [0.05, 0.1) is 17.9 Å². The van der Waals surface area contributed by atoms with Crippen LogP contribution in [-0.4, -0.2) is 24.2 Å². The highest BCUT2D eigenvalue weighted by atomic mass is 32.2. The van der Waals surface area contributed by atoms with Gasteiger partial charge in [0.1, 0.15) is 5.00 Å². The Morgan fingerprint density at radius 1 is 1.28 bits per heavy atom. The summed E-state index contributed by atoms with van der Waals surface area (Å²) in [5, 5.41) is 3.38. The quantitative estimate of drug-likeness (QED) is 0.766. The van der Waals surface area contributed by atoms with Crippen molar-refractivity contribution >= 4 is 40.0 Å². The normalized spacial score (nSPS) is 14.0. The molecule has 0 bridgehead atoms. The fourth-order valence-electron chi connectivity index (χ4n) is 2.90. The molecule has 2 aromatic rings. The van der Waals surface area contributed by atoms with Gasteiger partial charge in [-0.2, -0.15) is 0 Å². The minimum absolute atomic E-state index is 0.0778. The molecule has 0 aliphatic heterocycles. The summed E-state index contributed by atoms with van der Waals surface area (Å²) in [6, 6.07) is 10.1. The monoisotopic (exact) mass is 375 g/mol. The third-order valence-electron chi connectivity index (χ3n) is 4.26. The number of methoxy groups -OCH3 is 1. The average Bonchev–Trinajstić information content (AvgIpc) is 3.20. The molecule has 3 rings (SSSR count). The number of anilines is 1. The SMILES string of the molecule is COC(=O)c1c(NC(=O)[C@@H](C)SCc2ccccc2)sc2c1CCC2. The summed E-state index contributed by atoms with van der Waals surface area (Å²) in [5.74, 6) is 0.338. The van der Waals surface area contributed by atoms with Crippen molar-refractivity contribution < 1.29 is 14.3 Å². The van der Waals surface area contributed by atoms with Crippen LogP contribution in [0.4, 0.5) is 5.00 Å². The number of benzene rings is 1. The van der Waals surface area contributed by atoms with Gasteiger partial charge in [-0.25, -0.2) is 4.79 Å². The Morgan fingerprint density at radius 3 is 2.76 bits per heavy atom. The standard InChI is InChI=1S/C19H21NO3S2/c1-12(24-11-13-7-4-3-5-8-13)17(21)20-18-16(19(22)23-2)14-9-6-10-15(14)25-18/h3-5,7-8,12H,6,9-11H2,1-2H3,(H,20,21)/t12-/m1/s1. The van der Waals surface area contributed by atoms with E-state index in [1.54, 1.807) is 11.8 Å². The number of rotatable bonds is 6. The maximum absolute atomic E-state index is 12.5. The molecule has 132 valence electrons. The van der Waals surface area contributed by atoms with Crippen molar-refractivity contribution in [3.8, 4) is 0 Å². The van der Waals surface area contributed by atoms with Crippen LogP contribution in [0.5, 0.6) is 0 Å². The number of ether oxygens (including phenoxy) is 1. The summed E-state index contributed by atoms with van der Waals surface area (Å²) in [7, 11) is 1.38. The van der Waals surface area contributed by atoms with Crippen molar-refractivity contribution in [2.45, 2.75) is 37.2 Å². The molecule has 1 aliphatic carbocycles. The van der Waals surface area contributed by atoms with Crippen LogP contribution in [0.2, 0.25) is 0 Å². The minimum atomic E-state index is -0.362. The first-order valence-corrected chi connectivity index (χ1v) is 10.2. The van der Waals surface area contributed by atoms with Gasteiger partial charge >= 0.3 is 5.97 Å². The first-order chi connectivity index (χ1) is 12.1. The average molecular weight is 376 g/mol. The largest absolute Gasteiger partial charge is 0.465 e. The van der Waals surface area contributed by atoms with E-state index >= 15 is 0 Å². The second-order valence-electron chi connectivity index (χ2n) is 5.98. The Kier molecular flexibility index (Phi) is 5.81. The smallest absolute Gasteiger partial charge is 0.341 e. The number of carbonyl (C=O) groups excluding carboxylic acids is 2. The van der Waals surface area contributed by atoms with Gasteiger partial charge in [0.25, 0.3) is 0 Å². The van der Waals surface area contributed by atoms with Gasteiger partial charge in [-0.3, -0.25) is 4.79 Å². The van der Waals surface area contributed by atoms with Crippen LogP contribution >= 0.6 is 23.1 Å². The third kappa shape index (κ3) is 4.07. The van der Waals surface area contributed by atoms with E-state index < -0.39 is 0 Å². The Labute approximate surface area is 156 Å². The second kappa shape index (κ2) is 8.06. The van der Waals surface area contributed by atoms with E-state index in [1.807, 2.05) is 25.1 Å². The molecule has 1 aromatic heterocycles. The molecule has 1 amide bonds. The van der Waals surface area contributed by atoms with E-state index in [4.69, 9.17) is 4.74 Å². The van der Waals surface area contributed by atoms with Crippen LogP contribution in [-0.2, 0) is 28.1 Å². The van der Waals surface area contributed by atoms with Gasteiger partial charge in [-0.1, -0.05) is 30.3 Å². The van der Waals surface area contributed by atoms with Gasteiger partial charge in [0, 0.05) is 10.6 Å². The van der Waals surface area contributed by atoms with Gasteiger partial charge in [-0.05, 0) is 37.3 Å². The van der Waals surface area contributed by atoms with Gasteiger partial charge < -0.3 is 10.1 Å². The molecule has 0 radical (unpaired) electrons. The number of nitrogens with one attached hydrogen (secondary N) is 1. The van der Waals surface area contributed by atoms with Crippen LogP contribution in [0.25, 0.3) is 0 Å². The van der Waals surface area contributed by atoms with Crippen LogP contribution in [0.3, 0.4) is 0 Å². The van der Waals surface area contributed by atoms with Crippen molar-refractivity contribution in [3.05, 3.63) is 51.9 Å². The summed E-state index contributed by atoms with van der Waals surface area (Å²) in [6.07, 6.45) is 2.91. The highest BCUT2D eigenvalue weighted by Gasteiger charge is 2.28. The van der Waals surface area contributed by atoms with Crippen molar-refractivity contribution in [1.29, 1.82) is 0 Å². The Hall–Kier alpha value is -1.79. The number of amides is 1. The molecule has 1 heterocycles. The number of esters is 1. The predicted octanol–water partition coefficient (Wildman–Crippen LogP) is 4.28. The molecule has 25 heavy (non-hydrogen) atoms. The molecule has 6 heteroatoms. The Morgan fingerprint density at radius 2 is 2.04 bits per heavy atom. The minimum Gasteiger partial charge on any atom is -0.465 e. The number of thiophene rings is 1. The zero-order valence-electron chi connectivity index (χ0n) is 14.3. The molecular formula is C19H21NO3S2. The Bertz CT molecular complexity index is 770. The van der Waals surface area contributed by atoms with Crippen LogP contribution < -0.4 is 5.32 Å². The van der Waals surface area contributed by atoms with Crippen molar-refractivity contribution in [2.24, 2.45) is 0 Å². The first-order valence-electron chi connectivity index (χ1n) is 8.29. The molecule has 1 atom stereocenters. The van der Waals surface area contributed by atoms with E-state index in [0.717, 1.165) is 30.6 Å². The maximum Gasteiger partial charge on any atom is 0.341 e. The van der Waals surface area contributed by atoms with E-state index in [1.165, 1.54) is 28.9 Å². The predicted molar refractivity (Wildman–Crippen MR) is 104 cm³/mol. The number of hydrogen-bond acceptors (Lipinski definition) is 5. The van der Waals surface area contributed by atoms with E-state index in [2.05, 4.69) is 17.4 Å². The van der Waals surface area contributed by atoms with E-state index in [-0.39, 0.29) is 17.1 Å². The summed E-state index contributed by atoms with van der Waals surface area (Å²) >= 11 is 3.09. The third-order valence-corrected chi connectivity index (χ3v) is 6.68. The topological polar surface area (TPSA) is 55.4 Å². The molecule has 4 nitrogen and oxygen atoms in total. The highest BCUT2D eigenvalue weighted by Crippen LogP contribution is 2.39. The first kappa shape index (κ1) is 18.0. The molecule has 1 N–H and O–H groups in total. The molecule has 0 spiro atoms. The van der Waals surface area contributed by atoms with Crippen LogP contribution in [0, 0.1) is 0 Å². The number of carbonyl (C=O) groups is 2. The van der Waals surface area contributed by atoms with Gasteiger partial charge in [0.15, 0.2) is 0 Å². The zero-order chi connectivity index (χ0) is 17.8. The highest BCUT2D eigenvalue weighted by molar-refractivity contribution is 7.99. The molecule has 1 aromatic carbocycles. The lowest BCUT2D eigenvalue weighted by atomic mass is 10.1. The van der Waals surface area contributed by atoms with Crippen molar-refractivity contribution in [1.82, 2.24) is 0 Å². The fourth-order valence-corrected chi connectivity index (χ4v) is 5.02. The van der Waals surface area contributed by atoms with Gasteiger partial charge in [-0.15, -0.1) is 23.1 Å². The summed E-state index contributed by atoms with van der Waals surface area (Å²) in [4.78, 5) is 25.9. The number of aryl methyl sites for hydroxylation is 1. The molecule has 1 aliphatic rings. The van der Waals surface area contributed by atoms with E-state index in [0.29, 0.717) is 10.6 Å². The molecule has 0 saturated heterocycles. The number of fused-ring (bicyclic) bond motifs is 1. The molecular weight excluding hydrogens is 354 g/mol. The molecule has 0 unspecified atom stereocenters. The summed E-state index contributed by atoms with van der Waals surface area (Å²) in [5.41, 5.74) is 2.79. The lowest BCUT2D eigenvalue weighted by Gasteiger charge is -2.12. The lowest BCUT2D eigenvalue weighted by molar-refractivity contribution is -0.115. The van der Waals surface area contributed by atoms with Crippen LogP contribution in [0.1, 0.15) is 39.7 Å². The molecule has 0 saturated carbocycles. The fraction of sp³-hybridized carbons (Fsp3) is 0.368. The second-order valence-corrected chi connectivity index (χ2v) is 8.42. The van der Waals surface area contributed by atoms with E-state index in [9.17, 15) is 9.59 Å². The van der Waals surface area contributed by atoms with Crippen LogP contribution in [0.15, 0.2) is 30.3 Å². The number of hydrogen-bond donors (Lipinski definition) is 1. The molecule has 0 fully saturated rings. The Balaban J connectivity index is 1.67. The summed E-state index contributed by atoms with van der Waals surface area (Å²) in [6.45, 7) is 1.89. The zero-order valence-corrected chi connectivity index (χ0v) is 16.0. The van der Waals surface area contributed by atoms with Gasteiger partial charge in [0.2, 0.25) is 5.91 Å². The number of thioether (sulfide) groups is 1. The lowest BCUT2D eigenvalue weighted by Crippen LogP contribution is -2.23. The maximum atomic E-state index is 12.5. The van der Waals surface area contributed by atoms with Crippen molar-refractivity contribution in [3.63, 3.8) is 0 Å². The van der Waals surface area contributed by atoms with Crippen molar-refractivity contribution in [2.75, 3.05) is 12.4 Å². The summed E-state index contributed by atoms with van der Waals surface area (Å²) < 4.78 is 4.92.